The Morgan fingerprint density at radius 2 is 1.52 bits per heavy atom. The summed E-state index contributed by atoms with van der Waals surface area (Å²) in [6, 6.07) is 22.0. The first kappa shape index (κ1) is 19.6. The molecule has 0 aliphatic rings. The van der Waals surface area contributed by atoms with Crippen LogP contribution in [0.3, 0.4) is 0 Å². The van der Waals surface area contributed by atoms with Gasteiger partial charge in [0.05, 0.1) is 16.8 Å². The van der Waals surface area contributed by atoms with Crippen LogP contribution in [0.15, 0.2) is 78.9 Å². The van der Waals surface area contributed by atoms with Crippen molar-refractivity contribution < 1.29 is 24.2 Å². The van der Waals surface area contributed by atoms with E-state index in [1.165, 1.54) is 18.2 Å². The zero-order chi connectivity index (χ0) is 20.6. The third-order valence-electron chi connectivity index (χ3n) is 3.93. The summed E-state index contributed by atoms with van der Waals surface area (Å²) in [5.74, 6) is -2.33. The maximum atomic E-state index is 12.4. The van der Waals surface area contributed by atoms with E-state index in [9.17, 15) is 14.4 Å². The number of carbonyl (C=O) groups is 3. The molecule has 0 saturated carbocycles. The van der Waals surface area contributed by atoms with Crippen molar-refractivity contribution in [3.8, 4) is 0 Å². The van der Waals surface area contributed by atoms with Crippen LogP contribution < -0.4 is 10.6 Å². The normalized spacial score (nSPS) is 10.1. The molecule has 0 spiro atoms. The fraction of sp³-hybridized carbons (Fsp3) is 0.0455. The second-order valence-electron chi connectivity index (χ2n) is 6.05. The van der Waals surface area contributed by atoms with Crippen molar-refractivity contribution in [2.45, 2.75) is 0 Å². The Morgan fingerprint density at radius 3 is 2.28 bits per heavy atom. The third-order valence-corrected chi connectivity index (χ3v) is 3.93. The van der Waals surface area contributed by atoms with Gasteiger partial charge in [-0.25, -0.2) is 9.59 Å². The highest BCUT2D eigenvalue weighted by Crippen LogP contribution is 2.21. The number of amides is 1. The first-order valence-corrected chi connectivity index (χ1v) is 8.74. The SMILES string of the molecule is O=C(COC(=O)c1ccccc1Nc1ccccc1)Nc1cccc(C(=O)O)c1. The van der Waals surface area contributed by atoms with Crippen molar-refractivity contribution in [3.63, 3.8) is 0 Å². The third kappa shape index (κ3) is 5.43. The van der Waals surface area contributed by atoms with Crippen molar-refractivity contribution >= 4 is 34.9 Å². The fourth-order valence-corrected chi connectivity index (χ4v) is 2.58. The molecule has 1 amide bonds. The molecule has 0 aromatic heterocycles. The molecule has 0 bridgehead atoms. The number of carbonyl (C=O) groups excluding carboxylic acids is 2. The molecule has 0 heterocycles. The summed E-state index contributed by atoms with van der Waals surface area (Å²) in [5, 5.41) is 14.6. The van der Waals surface area contributed by atoms with E-state index in [4.69, 9.17) is 9.84 Å². The Labute approximate surface area is 166 Å². The molecular weight excluding hydrogens is 372 g/mol. The molecule has 3 aromatic carbocycles. The van der Waals surface area contributed by atoms with Gasteiger partial charge in [-0.3, -0.25) is 4.79 Å². The average Bonchev–Trinajstić information content (AvgIpc) is 2.73. The van der Waals surface area contributed by atoms with E-state index in [0.29, 0.717) is 11.4 Å². The number of nitrogens with one attached hydrogen (secondary N) is 2. The largest absolute Gasteiger partial charge is 0.478 e. The van der Waals surface area contributed by atoms with Gasteiger partial charge >= 0.3 is 11.9 Å². The number of ether oxygens (including phenoxy) is 1. The summed E-state index contributed by atoms with van der Waals surface area (Å²) in [6.45, 7) is -0.504. The molecule has 0 atom stereocenters. The highest BCUT2D eigenvalue weighted by atomic mass is 16.5. The van der Waals surface area contributed by atoms with E-state index in [1.54, 1.807) is 30.3 Å². The number of rotatable bonds is 7. The van der Waals surface area contributed by atoms with Crippen LogP contribution >= 0.6 is 0 Å². The first-order chi connectivity index (χ1) is 14.0. The van der Waals surface area contributed by atoms with E-state index in [2.05, 4.69) is 10.6 Å². The lowest BCUT2D eigenvalue weighted by Gasteiger charge is -2.12. The van der Waals surface area contributed by atoms with Gasteiger partial charge in [0.1, 0.15) is 0 Å². The minimum atomic E-state index is -1.10. The maximum absolute atomic E-state index is 12.4. The monoisotopic (exact) mass is 390 g/mol. The highest BCUT2D eigenvalue weighted by molar-refractivity contribution is 5.99. The molecule has 7 heteroatoms. The fourth-order valence-electron chi connectivity index (χ4n) is 2.58. The molecule has 0 aliphatic heterocycles. The number of aromatic carboxylic acids is 1. The first-order valence-electron chi connectivity index (χ1n) is 8.74. The number of carboxylic acids is 1. The van der Waals surface area contributed by atoms with Gasteiger partial charge in [-0.1, -0.05) is 36.4 Å². The minimum Gasteiger partial charge on any atom is -0.478 e. The summed E-state index contributed by atoms with van der Waals surface area (Å²) in [4.78, 5) is 35.5. The molecule has 146 valence electrons. The minimum absolute atomic E-state index is 0.0423. The molecule has 29 heavy (non-hydrogen) atoms. The molecule has 7 nitrogen and oxygen atoms in total. The lowest BCUT2D eigenvalue weighted by atomic mass is 10.1. The van der Waals surface area contributed by atoms with E-state index < -0.39 is 24.5 Å². The van der Waals surface area contributed by atoms with Crippen LogP contribution in [0.5, 0.6) is 0 Å². The van der Waals surface area contributed by atoms with Gasteiger partial charge in [0.15, 0.2) is 6.61 Å². The number of benzene rings is 3. The Morgan fingerprint density at radius 1 is 0.828 bits per heavy atom. The zero-order valence-electron chi connectivity index (χ0n) is 15.3. The Bertz CT molecular complexity index is 1030. The maximum Gasteiger partial charge on any atom is 0.340 e. The van der Waals surface area contributed by atoms with Gasteiger partial charge in [0.2, 0.25) is 0 Å². The number of carboxylic acid groups (broad SMARTS) is 1. The van der Waals surface area contributed by atoms with Crippen molar-refractivity contribution in [1.29, 1.82) is 0 Å². The van der Waals surface area contributed by atoms with Crippen LogP contribution in [-0.4, -0.2) is 29.6 Å². The van der Waals surface area contributed by atoms with Crippen LogP contribution in [0.2, 0.25) is 0 Å². The zero-order valence-corrected chi connectivity index (χ0v) is 15.3. The number of para-hydroxylation sites is 2. The number of hydrogen-bond donors (Lipinski definition) is 3. The summed E-state index contributed by atoms with van der Waals surface area (Å²) in [6.07, 6.45) is 0. The van der Waals surface area contributed by atoms with Gasteiger partial charge in [-0.05, 0) is 42.5 Å². The van der Waals surface area contributed by atoms with E-state index in [1.807, 2.05) is 30.3 Å². The van der Waals surface area contributed by atoms with Crippen LogP contribution in [-0.2, 0) is 9.53 Å². The molecule has 0 unspecified atom stereocenters. The van der Waals surface area contributed by atoms with Crippen molar-refractivity contribution in [3.05, 3.63) is 90.0 Å². The smallest absolute Gasteiger partial charge is 0.340 e. The van der Waals surface area contributed by atoms with E-state index >= 15 is 0 Å². The topological polar surface area (TPSA) is 105 Å². The molecule has 0 saturated heterocycles. The van der Waals surface area contributed by atoms with Gasteiger partial charge in [0.25, 0.3) is 5.91 Å². The Kier molecular flexibility index (Phi) is 6.22. The lowest BCUT2D eigenvalue weighted by molar-refractivity contribution is -0.119. The quantitative estimate of drug-likeness (QED) is 0.528. The number of anilines is 3. The van der Waals surface area contributed by atoms with E-state index in [-0.39, 0.29) is 11.1 Å². The standard InChI is InChI=1S/C22H18N2O5/c25-20(24-17-10-6-7-15(13-17)21(26)27)14-29-22(28)18-11-4-5-12-19(18)23-16-8-2-1-3-9-16/h1-13,23H,14H2,(H,24,25)(H,26,27). The summed E-state index contributed by atoms with van der Waals surface area (Å²) in [5.41, 5.74) is 2.00. The molecule has 0 fully saturated rings. The van der Waals surface area contributed by atoms with Crippen LogP contribution in [0.25, 0.3) is 0 Å². The van der Waals surface area contributed by atoms with Gasteiger partial charge in [-0.2, -0.15) is 0 Å². The molecule has 3 N–H and O–H groups in total. The van der Waals surface area contributed by atoms with Crippen molar-refractivity contribution in [2.24, 2.45) is 0 Å². The van der Waals surface area contributed by atoms with Crippen LogP contribution in [0.1, 0.15) is 20.7 Å². The number of hydrogen-bond acceptors (Lipinski definition) is 5. The summed E-state index contributed by atoms with van der Waals surface area (Å²) in [7, 11) is 0. The molecular formula is C22H18N2O5. The van der Waals surface area contributed by atoms with E-state index in [0.717, 1.165) is 5.69 Å². The average molecular weight is 390 g/mol. The lowest BCUT2D eigenvalue weighted by Crippen LogP contribution is -2.21. The molecule has 0 aliphatic carbocycles. The van der Waals surface area contributed by atoms with Crippen molar-refractivity contribution in [1.82, 2.24) is 0 Å². The molecule has 3 rings (SSSR count). The van der Waals surface area contributed by atoms with Gasteiger partial charge < -0.3 is 20.5 Å². The number of esters is 1. The second kappa shape index (κ2) is 9.18. The molecule has 0 radical (unpaired) electrons. The molecule has 3 aromatic rings. The van der Waals surface area contributed by atoms with Gasteiger partial charge in [-0.15, -0.1) is 0 Å². The second-order valence-corrected chi connectivity index (χ2v) is 6.05. The van der Waals surface area contributed by atoms with Crippen LogP contribution in [0.4, 0.5) is 17.1 Å². The van der Waals surface area contributed by atoms with Crippen molar-refractivity contribution in [2.75, 3.05) is 17.2 Å². The Balaban J connectivity index is 1.61. The van der Waals surface area contributed by atoms with Crippen LogP contribution in [0, 0.1) is 0 Å². The Hall–Kier alpha value is -4.13. The predicted octanol–water partition coefficient (Wildman–Crippen LogP) is 3.92. The highest BCUT2D eigenvalue weighted by Gasteiger charge is 2.15. The van der Waals surface area contributed by atoms with Gasteiger partial charge in [0, 0.05) is 11.4 Å². The summed E-state index contributed by atoms with van der Waals surface area (Å²) < 4.78 is 5.11. The summed E-state index contributed by atoms with van der Waals surface area (Å²) >= 11 is 0. The predicted molar refractivity (Wildman–Crippen MR) is 108 cm³/mol.